The molecule has 0 bridgehead atoms. The quantitative estimate of drug-likeness (QED) is 0.755. The molecule has 0 saturated carbocycles. The zero-order chi connectivity index (χ0) is 19.7. The molecule has 0 spiro atoms. The summed E-state index contributed by atoms with van der Waals surface area (Å²) in [5, 5.41) is 0. The molecule has 0 amide bonds. The molecule has 4 atom stereocenters. The van der Waals surface area contributed by atoms with E-state index in [1.165, 1.54) is 6.92 Å². The highest BCUT2D eigenvalue weighted by molar-refractivity contribution is 7.89. The molecule has 1 heterocycles. The highest BCUT2D eigenvalue weighted by Gasteiger charge is 2.48. The Hall–Kier alpha value is -1.48. The monoisotopic (exact) mass is 385 g/mol. The van der Waals surface area contributed by atoms with E-state index in [0.717, 1.165) is 5.56 Å². The largest absolute Gasteiger partial charge is 0.460 e. The van der Waals surface area contributed by atoms with Crippen molar-refractivity contribution in [3.63, 3.8) is 0 Å². The Balaban J connectivity index is 2.18. The molecular formula is C18H27NO6S. The first-order valence-corrected chi connectivity index (χ1v) is 10.0. The lowest BCUT2D eigenvalue weighted by molar-refractivity contribution is -0.168. The van der Waals surface area contributed by atoms with Crippen molar-refractivity contribution in [1.82, 2.24) is 4.72 Å². The van der Waals surface area contributed by atoms with Gasteiger partial charge in [-0.3, -0.25) is 4.79 Å². The Morgan fingerprint density at radius 3 is 2.23 bits per heavy atom. The number of hydrogen-bond donors (Lipinski definition) is 1. The topological polar surface area (TPSA) is 90.9 Å². The first-order valence-electron chi connectivity index (χ1n) is 8.53. The highest BCUT2D eigenvalue weighted by atomic mass is 32.2. The summed E-state index contributed by atoms with van der Waals surface area (Å²) in [6.45, 7) is 10.1. The van der Waals surface area contributed by atoms with Crippen molar-refractivity contribution in [3.05, 3.63) is 29.8 Å². The van der Waals surface area contributed by atoms with Crippen LogP contribution in [0.1, 0.15) is 40.2 Å². The van der Waals surface area contributed by atoms with Gasteiger partial charge in [0.05, 0.1) is 4.90 Å². The van der Waals surface area contributed by atoms with Crippen molar-refractivity contribution < 1.29 is 27.4 Å². The molecular weight excluding hydrogens is 358 g/mol. The molecule has 2 rings (SSSR count). The zero-order valence-electron chi connectivity index (χ0n) is 16.0. The van der Waals surface area contributed by atoms with E-state index in [4.69, 9.17) is 14.2 Å². The second-order valence-corrected chi connectivity index (χ2v) is 8.82. The van der Waals surface area contributed by atoms with Crippen LogP contribution in [0.25, 0.3) is 0 Å². The Morgan fingerprint density at radius 2 is 1.69 bits per heavy atom. The maximum atomic E-state index is 12.6. The van der Waals surface area contributed by atoms with Crippen molar-refractivity contribution >= 4 is 16.0 Å². The Bertz CT molecular complexity index is 743. The molecule has 26 heavy (non-hydrogen) atoms. The lowest BCUT2D eigenvalue weighted by Gasteiger charge is -2.27. The van der Waals surface area contributed by atoms with Crippen LogP contribution in [0.5, 0.6) is 0 Å². The van der Waals surface area contributed by atoms with Gasteiger partial charge in [-0.15, -0.1) is 0 Å². The molecule has 7 nitrogen and oxygen atoms in total. The van der Waals surface area contributed by atoms with Crippen molar-refractivity contribution in [2.24, 2.45) is 0 Å². The molecule has 8 heteroatoms. The van der Waals surface area contributed by atoms with Crippen molar-refractivity contribution in [2.45, 2.75) is 76.6 Å². The molecule has 146 valence electrons. The smallest absolute Gasteiger partial charge is 0.302 e. The van der Waals surface area contributed by atoms with Gasteiger partial charge >= 0.3 is 5.97 Å². The number of nitrogens with one attached hydrogen (secondary N) is 1. The standard InChI is InChI=1S/C18H27NO6S/c1-11-7-9-15(10-8-11)26(21,22)19-12(2)16-17(13(3)23-14(4)20)25-18(5,6)24-16/h7-10,12-13,16-17,19H,1-6H3/t12-,13-,16-,17-/m1/s1. The summed E-state index contributed by atoms with van der Waals surface area (Å²) in [7, 11) is -3.72. The summed E-state index contributed by atoms with van der Waals surface area (Å²) >= 11 is 0. The third-order valence-corrected chi connectivity index (χ3v) is 5.72. The van der Waals surface area contributed by atoms with E-state index in [0.29, 0.717) is 0 Å². The van der Waals surface area contributed by atoms with Crippen LogP contribution in [0.2, 0.25) is 0 Å². The van der Waals surface area contributed by atoms with Gasteiger partial charge in [0.15, 0.2) is 5.79 Å². The van der Waals surface area contributed by atoms with Gasteiger partial charge in [0, 0.05) is 13.0 Å². The SMILES string of the molecule is CC(=O)O[C@H](C)[C@H]1OC(C)(C)O[C@@H]1[C@@H](C)NS(=O)(=O)c1ccc(C)cc1. The van der Waals surface area contributed by atoms with Crippen LogP contribution in [-0.4, -0.2) is 44.5 Å². The number of sulfonamides is 1. The maximum Gasteiger partial charge on any atom is 0.302 e. The van der Waals surface area contributed by atoms with Crippen molar-refractivity contribution in [3.8, 4) is 0 Å². The average molecular weight is 385 g/mol. The second kappa shape index (κ2) is 7.64. The average Bonchev–Trinajstić information content (AvgIpc) is 2.83. The lowest BCUT2D eigenvalue weighted by Crippen LogP contribution is -2.49. The highest BCUT2D eigenvalue weighted by Crippen LogP contribution is 2.33. The summed E-state index contributed by atoms with van der Waals surface area (Å²) in [5.41, 5.74) is 0.974. The number of benzene rings is 1. The van der Waals surface area contributed by atoms with E-state index in [1.54, 1.807) is 52.0 Å². The molecule has 0 aromatic heterocycles. The minimum Gasteiger partial charge on any atom is -0.460 e. The maximum absolute atomic E-state index is 12.6. The van der Waals surface area contributed by atoms with Gasteiger partial charge in [0.25, 0.3) is 0 Å². The molecule has 1 aliphatic rings. The Kier molecular flexibility index (Phi) is 6.12. The van der Waals surface area contributed by atoms with Crippen molar-refractivity contribution in [2.75, 3.05) is 0 Å². The van der Waals surface area contributed by atoms with Gasteiger partial charge in [-0.05, 0) is 46.8 Å². The fourth-order valence-corrected chi connectivity index (χ4v) is 4.25. The summed E-state index contributed by atoms with van der Waals surface area (Å²) in [6, 6.07) is 6.00. The van der Waals surface area contributed by atoms with E-state index in [-0.39, 0.29) is 4.90 Å². The van der Waals surface area contributed by atoms with Crippen LogP contribution in [0.4, 0.5) is 0 Å². The summed E-state index contributed by atoms with van der Waals surface area (Å²) < 4.78 is 44.9. The summed E-state index contributed by atoms with van der Waals surface area (Å²) in [4.78, 5) is 11.4. The molecule has 1 fully saturated rings. The fourth-order valence-electron chi connectivity index (χ4n) is 2.99. The molecule has 1 aromatic carbocycles. The van der Waals surface area contributed by atoms with Crippen LogP contribution in [-0.2, 0) is 29.0 Å². The van der Waals surface area contributed by atoms with Crippen LogP contribution in [0.15, 0.2) is 29.2 Å². The first-order chi connectivity index (χ1) is 11.9. The number of ether oxygens (including phenoxy) is 3. The number of aryl methyl sites for hydroxylation is 1. The van der Waals surface area contributed by atoms with Gasteiger partial charge in [-0.1, -0.05) is 17.7 Å². The number of esters is 1. The van der Waals surface area contributed by atoms with Gasteiger partial charge in [-0.2, -0.15) is 0 Å². The van der Waals surface area contributed by atoms with E-state index < -0.39 is 46.1 Å². The number of carbonyl (C=O) groups is 1. The number of hydrogen-bond acceptors (Lipinski definition) is 6. The predicted molar refractivity (Wildman–Crippen MR) is 96.0 cm³/mol. The van der Waals surface area contributed by atoms with Gasteiger partial charge in [-0.25, -0.2) is 13.1 Å². The summed E-state index contributed by atoms with van der Waals surface area (Å²) in [5.74, 6) is -1.34. The first kappa shape index (κ1) is 20.8. The van der Waals surface area contributed by atoms with Crippen molar-refractivity contribution in [1.29, 1.82) is 0 Å². The van der Waals surface area contributed by atoms with Crippen LogP contribution >= 0.6 is 0 Å². The molecule has 0 unspecified atom stereocenters. The van der Waals surface area contributed by atoms with Gasteiger partial charge < -0.3 is 14.2 Å². The number of rotatable bonds is 6. The minimum atomic E-state index is -3.72. The van der Waals surface area contributed by atoms with Crippen LogP contribution < -0.4 is 4.72 Å². The van der Waals surface area contributed by atoms with Gasteiger partial charge in [0.2, 0.25) is 10.0 Å². The molecule has 1 saturated heterocycles. The van der Waals surface area contributed by atoms with Crippen LogP contribution in [0, 0.1) is 6.92 Å². The summed E-state index contributed by atoms with van der Waals surface area (Å²) in [6.07, 6.45) is -1.78. The van der Waals surface area contributed by atoms with E-state index in [2.05, 4.69) is 4.72 Å². The van der Waals surface area contributed by atoms with E-state index >= 15 is 0 Å². The third kappa shape index (κ3) is 5.03. The number of carbonyl (C=O) groups excluding carboxylic acids is 1. The normalized spacial score (nSPS) is 24.8. The molecule has 1 aliphatic heterocycles. The molecule has 0 aliphatic carbocycles. The molecule has 0 radical (unpaired) electrons. The lowest BCUT2D eigenvalue weighted by atomic mass is 10.0. The Labute approximate surface area is 155 Å². The predicted octanol–water partition coefficient (Wildman–Crippen LogP) is 2.13. The third-order valence-electron chi connectivity index (χ3n) is 4.14. The minimum absolute atomic E-state index is 0.178. The second-order valence-electron chi connectivity index (χ2n) is 7.10. The van der Waals surface area contributed by atoms with Crippen LogP contribution in [0.3, 0.4) is 0 Å². The zero-order valence-corrected chi connectivity index (χ0v) is 16.8. The fraction of sp³-hybridized carbons (Fsp3) is 0.611. The Morgan fingerprint density at radius 1 is 1.15 bits per heavy atom. The van der Waals surface area contributed by atoms with E-state index in [1.807, 2.05) is 6.92 Å². The van der Waals surface area contributed by atoms with E-state index in [9.17, 15) is 13.2 Å². The van der Waals surface area contributed by atoms with Gasteiger partial charge in [0.1, 0.15) is 18.3 Å². The molecule has 1 aromatic rings. The molecule has 1 N–H and O–H groups in total.